The summed E-state index contributed by atoms with van der Waals surface area (Å²) in [5.41, 5.74) is 0.738. The van der Waals surface area contributed by atoms with Crippen molar-refractivity contribution < 1.29 is 14.3 Å². The molecule has 7 nitrogen and oxygen atoms in total. The number of benzene rings is 1. The first-order valence-corrected chi connectivity index (χ1v) is 8.32. The van der Waals surface area contributed by atoms with Gasteiger partial charge in [-0.05, 0) is 30.7 Å². The Morgan fingerprint density at radius 1 is 1.25 bits per heavy atom. The lowest BCUT2D eigenvalue weighted by atomic mass is 10.2. The maximum Gasteiger partial charge on any atom is 0.338 e. The molecule has 0 atom stereocenters. The molecule has 0 spiro atoms. The summed E-state index contributed by atoms with van der Waals surface area (Å²) in [5.74, 6) is -0.523. The Morgan fingerprint density at radius 2 is 2.00 bits per heavy atom. The molecular weight excluding hydrogens is 330 g/mol. The fourth-order valence-corrected chi connectivity index (χ4v) is 2.37. The summed E-state index contributed by atoms with van der Waals surface area (Å²) in [7, 11) is 0. The number of anilines is 1. The van der Waals surface area contributed by atoms with Crippen LogP contribution in [0.4, 0.5) is 5.69 Å². The molecule has 1 amide bonds. The number of hydrogen-bond donors (Lipinski definition) is 2. The van der Waals surface area contributed by atoms with E-state index < -0.39 is 0 Å². The van der Waals surface area contributed by atoms with Crippen molar-refractivity contribution in [1.82, 2.24) is 9.97 Å². The number of nitrogens with zero attached hydrogens (tertiary/aromatic N) is 1. The normalized spacial score (nSPS) is 10.2. The highest BCUT2D eigenvalue weighted by atomic mass is 32.2. The van der Waals surface area contributed by atoms with Crippen molar-refractivity contribution in [2.75, 3.05) is 17.7 Å². The van der Waals surface area contributed by atoms with Gasteiger partial charge in [0.2, 0.25) is 5.91 Å². The minimum Gasteiger partial charge on any atom is -0.462 e. The van der Waals surface area contributed by atoms with E-state index in [1.54, 1.807) is 24.3 Å². The van der Waals surface area contributed by atoms with Gasteiger partial charge in [0.25, 0.3) is 5.56 Å². The first-order chi connectivity index (χ1) is 11.6. The Hall–Kier alpha value is -2.61. The molecule has 126 valence electrons. The molecule has 0 saturated carbocycles. The zero-order valence-electron chi connectivity index (χ0n) is 13.1. The van der Waals surface area contributed by atoms with Gasteiger partial charge < -0.3 is 15.0 Å². The largest absolute Gasteiger partial charge is 0.462 e. The van der Waals surface area contributed by atoms with Crippen LogP contribution in [0.3, 0.4) is 0 Å². The van der Waals surface area contributed by atoms with Crippen LogP contribution in [-0.2, 0) is 9.53 Å². The number of nitrogens with one attached hydrogen (secondary N) is 2. The molecule has 1 heterocycles. The number of H-pyrrole nitrogens is 1. The lowest BCUT2D eigenvalue weighted by Gasteiger charge is -2.06. The molecule has 0 radical (unpaired) electrons. The number of carbonyl (C=O) groups is 2. The number of thioether (sulfide) groups is 1. The summed E-state index contributed by atoms with van der Waals surface area (Å²) >= 11 is 1.13. The fraction of sp³-hybridized carbons (Fsp3) is 0.250. The van der Waals surface area contributed by atoms with Gasteiger partial charge in [-0.2, -0.15) is 0 Å². The number of rotatable bonds is 7. The smallest absolute Gasteiger partial charge is 0.338 e. The lowest BCUT2D eigenvalue weighted by molar-refractivity contribution is -0.113. The number of esters is 1. The van der Waals surface area contributed by atoms with Crippen LogP contribution in [0.15, 0.2) is 46.5 Å². The summed E-state index contributed by atoms with van der Waals surface area (Å²) in [4.78, 5) is 41.2. The van der Waals surface area contributed by atoms with Crippen molar-refractivity contribution in [3.63, 3.8) is 0 Å². The molecule has 1 aromatic carbocycles. The average Bonchev–Trinajstić information content (AvgIpc) is 2.58. The Kier molecular flexibility index (Phi) is 6.56. The van der Waals surface area contributed by atoms with Crippen LogP contribution < -0.4 is 10.9 Å². The molecular formula is C16H17N3O4S. The summed E-state index contributed by atoms with van der Waals surface area (Å²) in [5, 5.41) is 3.09. The summed E-state index contributed by atoms with van der Waals surface area (Å²) in [6.45, 7) is 2.30. The van der Waals surface area contributed by atoms with Gasteiger partial charge in [-0.3, -0.25) is 9.59 Å². The Labute approximate surface area is 142 Å². The van der Waals surface area contributed by atoms with Crippen LogP contribution >= 0.6 is 11.8 Å². The van der Waals surface area contributed by atoms with E-state index in [9.17, 15) is 14.4 Å². The molecule has 0 aliphatic carbocycles. The van der Waals surface area contributed by atoms with E-state index >= 15 is 0 Å². The van der Waals surface area contributed by atoms with Crippen molar-refractivity contribution >= 4 is 29.3 Å². The SMILES string of the molecule is CCCOC(=O)c1ccc(NC(=O)CSc2nccc(=O)[nH]2)cc1. The third-order valence-corrected chi connectivity index (χ3v) is 3.72. The molecule has 2 N–H and O–H groups in total. The quantitative estimate of drug-likeness (QED) is 0.452. The number of amides is 1. The van der Waals surface area contributed by atoms with Crippen molar-refractivity contribution in [2.24, 2.45) is 0 Å². The maximum atomic E-state index is 11.9. The van der Waals surface area contributed by atoms with Crippen LogP contribution in [0.2, 0.25) is 0 Å². The van der Waals surface area contributed by atoms with Crippen LogP contribution in [0.1, 0.15) is 23.7 Å². The number of aromatic amines is 1. The summed E-state index contributed by atoms with van der Waals surface area (Å²) in [6.07, 6.45) is 2.15. The van der Waals surface area contributed by atoms with E-state index in [1.165, 1.54) is 12.3 Å². The fourth-order valence-electron chi connectivity index (χ4n) is 1.72. The highest BCUT2D eigenvalue weighted by Gasteiger charge is 2.08. The number of ether oxygens (including phenoxy) is 1. The van der Waals surface area contributed by atoms with Crippen molar-refractivity contribution in [3.05, 3.63) is 52.4 Å². The zero-order chi connectivity index (χ0) is 17.4. The van der Waals surface area contributed by atoms with Crippen LogP contribution in [0, 0.1) is 0 Å². The zero-order valence-corrected chi connectivity index (χ0v) is 13.9. The molecule has 2 rings (SSSR count). The Morgan fingerprint density at radius 3 is 2.67 bits per heavy atom. The molecule has 1 aromatic heterocycles. The second-order valence-electron chi connectivity index (χ2n) is 4.79. The highest BCUT2D eigenvalue weighted by molar-refractivity contribution is 7.99. The Bertz CT molecular complexity index is 758. The standard InChI is InChI=1S/C16H17N3O4S/c1-2-9-23-15(22)11-3-5-12(6-4-11)18-14(21)10-24-16-17-8-7-13(20)19-16/h3-8H,2,9-10H2,1H3,(H,18,21)(H,17,19,20). The van der Waals surface area contributed by atoms with Gasteiger partial charge >= 0.3 is 5.97 Å². The molecule has 8 heteroatoms. The van der Waals surface area contributed by atoms with Crippen molar-refractivity contribution in [2.45, 2.75) is 18.5 Å². The van der Waals surface area contributed by atoms with Crippen molar-refractivity contribution in [3.8, 4) is 0 Å². The van der Waals surface area contributed by atoms with Crippen LogP contribution in [0.25, 0.3) is 0 Å². The van der Waals surface area contributed by atoms with E-state index in [-0.39, 0.29) is 23.2 Å². The number of carbonyl (C=O) groups excluding carboxylic acids is 2. The Balaban J connectivity index is 1.85. The van der Waals surface area contributed by atoms with Gasteiger partial charge in [-0.1, -0.05) is 18.7 Å². The second-order valence-corrected chi connectivity index (χ2v) is 5.75. The molecule has 0 saturated heterocycles. The van der Waals surface area contributed by atoms with Gasteiger partial charge in [-0.15, -0.1) is 0 Å². The van der Waals surface area contributed by atoms with E-state index in [0.29, 0.717) is 23.0 Å². The minimum absolute atomic E-state index is 0.104. The molecule has 0 aliphatic heterocycles. The highest BCUT2D eigenvalue weighted by Crippen LogP contribution is 2.13. The number of aromatic nitrogens is 2. The molecule has 0 unspecified atom stereocenters. The first kappa shape index (κ1) is 17.7. The van der Waals surface area contributed by atoms with E-state index in [1.807, 2.05) is 6.92 Å². The van der Waals surface area contributed by atoms with Crippen molar-refractivity contribution in [1.29, 1.82) is 0 Å². The van der Waals surface area contributed by atoms with Gasteiger partial charge in [0, 0.05) is 18.0 Å². The van der Waals surface area contributed by atoms with E-state index in [2.05, 4.69) is 15.3 Å². The molecule has 0 bridgehead atoms. The topological polar surface area (TPSA) is 101 Å². The summed E-state index contributed by atoms with van der Waals surface area (Å²) in [6, 6.07) is 7.76. The average molecular weight is 347 g/mol. The maximum absolute atomic E-state index is 11.9. The van der Waals surface area contributed by atoms with E-state index in [0.717, 1.165) is 18.2 Å². The predicted octanol–water partition coefficient (Wildman–Crippen LogP) is 2.07. The van der Waals surface area contributed by atoms with Gasteiger partial charge in [0.05, 0.1) is 17.9 Å². The van der Waals surface area contributed by atoms with Crippen LogP contribution in [0.5, 0.6) is 0 Å². The molecule has 0 aliphatic rings. The molecule has 2 aromatic rings. The number of hydrogen-bond acceptors (Lipinski definition) is 6. The third-order valence-electron chi connectivity index (χ3n) is 2.83. The molecule has 24 heavy (non-hydrogen) atoms. The van der Waals surface area contributed by atoms with Gasteiger partial charge in [-0.25, -0.2) is 9.78 Å². The summed E-state index contributed by atoms with van der Waals surface area (Å²) < 4.78 is 5.03. The molecule has 0 fully saturated rings. The van der Waals surface area contributed by atoms with Gasteiger partial charge in [0.15, 0.2) is 5.16 Å². The van der Waals surface area contributed by atoms with Crippen LogP contribution in [-0.4, -0.2) is 34.2 Å². The van der Waals surface area contributed by atoms with Gasteiger partial charge in [0.1, 0.15) is 0 Å². The second kappa shape index (κ2) is 8.88. The first-order valence-electron chi connectivity index (χ1n) is 7.33. The lowest BCUT2D eigenvalue weighted by Crippen LogP contribution is -2.15. The van der Waals surface area contributed by atoms with E-state index in [4.69, 9.17) is 4.74 Å². The minimum atomic E-state index is -0.385. The third kappa shape index (κ3) is 5.54. The monoisotopic (exact) mass is 347 g/mol. The predicted molar refractivity (Wildman–Crippen MR) is 91.2 cm³/mol.